The standard InChI is InChI=1S/C19H23N5O2/c1-26-18-20-8-7-17(21-18)22-19(25)24-12-15-10-23(11-16(15)13-24)9-14-5-3-2-4-6-14/h2-8,15-16H,9-13H2,1H3,(H,20,21,22,25)/t15-,16+. The summed E-state index contributed by atoms with van der Waals surface area (Å²) >= 11 is 0. The minimum Gasteiger partial charge on any atom is -0.467 e. The molecule has 2 aromatic rings. The molecule has 2 saturated heterocycles. The molecule has 0 unspecified atom stereocenters. The molecule has 1 N–H and O–H groups in total. The summed E-state index contributed by atoms with van der Waals surface area (Å²) in [5, 5.41) is 2.84. The fraction of sp³-hybridized carbons (Fsp3) is 0.421. The lowest BCUT2D eigenvalue weighted by Crippen LogP contribution is -2.36. The average Bonchev–Trinajstić information content (AvgIpc) is 3.21. The van der Waals surface area contributed by atoms with E-state index in [-0.39, 0.29) is 12.0 Å². The summed E-state index contributed by atoms with van der Waals surface area (Å²) in [4.78, 5) is 25.0. The van der Waals surface area contributed by atoms with Crippen LogP contribution in [0.5, 0.6) is 6.01 Å². The Hall–Kier alpha value is -2.67. The molecule has 26 heavy (non-hydrogen) atoms. The van der Waals surface area contributed by atoms with Crippen molar-refractivity contribution < 1.29 is 9.53 Å². The van der Waals surface area contributed by atoms with Crippen LogP contribution in [-0.2, 0) is 6.54 Å². The van der Waals surface area contributed by atoms with Crippen molar-refractivity contribution in [2.75, 3.05) is 38.6 Å². The number of benzene rings is 1. The first kappa shape index (κ1) is 16.8. The predicted octanol–water partition coefficient (Wildman–Crippen LogP) is 2.08. The second-order valence-corrected chi connectivity index (χ2v) is 6.96. The number of carbonyl (C=O) groups is 1. The Balaban J connectivity index is 1.30. The largest absolute Gasteiger partial charge is 0.467 e. The summed E-state index contributed by atoms with van der Waals surface area (Å²) in [6, 6.07) is 12.4. The molecule has 2 atom stereocenters. The van der Waals surface area contributed by atoms with Gasteiger partial charge in [0.2, 0.25) is 0 Å². The van der Waals surface area contributed by atoms with Crippen molar-refractivity contribution in [2.45, 2.75) is 6.54 Å². The molecule has 136 valence electrons. The number of fused-ring (bicyclic) bond motifs is 1. The molecule has 1 aromatic heterocycles. The van der Waals surface area contributed by atoms with Gasteiger partial charge in [0.1, 0.15) is 5.82 Å². The van der Waals surface area contributed by atoms with E-state index in [0.29, 0.717) is 17.7 Å². The first-order valence-corrected chi connectivity index (χ1v) is 8.90. The first-order chi connectivity index (χ1) is 12.7. The third kappa shape index (κ3) is 3.62. The lowest BCUT2D eigenvalue weighted by atomic mass is 10.0. The minimum atomic E-state index is -0.102. The molecule has 0 radical (unpaired) electrons. The molecule has 7 heteroatoms. The Bertz CT molecular complexity index is 756. The van der Waals surface area contributed by atoms with E-state index >= 15 is 0 Å². The van der Waals surface area contributed by atoms with Crippen LogP contribution in [0.2, 0.25) is 0 Å². The highest BCUT2D eigenvalue weighted by Crippen LogP contribution is 2.32. The number of rotatable bonds is 4. The Morgan fingerprint density at radius 2 is 1.88 bits per heavy atom. The summed E-state index contributed by atoms with van der Waals surface area (Å²) in [5.41, 5.74) is 1.35. The molecule has 0 saturated carbocycles. The molecule has 4 rings (SSSR count). The molecule has 2 amide bonds. The Labute approximate surface area is 153 Å². The Morgan fingerprint density at radius 3 is 2.58 bits per heavy atom. The van der Waals surface area contributed by atoms with E-state index in [1.807, 2.05) is 11.0 Å². The van der Waals surface area contributed by atoms with E-state index in [1.165, 1.54) is 12.7 Å². The van der Waals surface area contributed by atoms with Gasteiger partial charge in [0.15, 0.2) is 0 Å². The van der Waals surface area contributed by atoms with E-state index in [9.17, 15) is 4.79 Å². The zero-order valence-corrected chi connectivity index (χ0v) is 14.8. The van der Waals surface area contributed by atoms with Crippen LogP contribution < -0.4 is 10.1 Å². The number of carbonyl (C=O) groups excluding carboxylic acids is 1. The van der Waals surface area contributed by atoms with Gasteiger partial charge in [0.25, 0.3) is 0 Å². The number of ether oxygens (including phenoxy) is 1. The van der Waals surface area contributed by atoms with Crippen LogP contribution in [0.1, 0.15) is 5.56 Å². The number of hydrogen-bond acceptors (Lipinski definition) is 5. The fourth-order valence-corrected chi connectivity index (χ4v) is 3.92. The van der Waals surface area contributed by atoms with Crippen molar-refractivity contribution in [1.29, 1.82) is 0 Å². The number of anilines is 1. The smallest absolute Gasteiger partial charge is 0.323 e. The first-order valence-electron chi connectivity index (χ1n) is 8.90. The Morgan fingerprint density at radius 1 is 1.15 bits per heavy atom. The van der Waals surface area contributed by atoms with Crippen LogP contribution in [0.3, 0.4) is 0 Å². The van der Waals surface area contributed by atoms with Gasteiger partial charge >= 0.3 is 12.0 Å². The van der Waals surface area contributed by atoms with E-state index in [4.69, 9.17) is 4.74 Å². The maximum atomic E-state index is 12.5. The predicted molar refractivity (Wildman–Crippen MR) is 97.9 cm³/mol. The van der Waals surface area contributed by atoms with Crippen LogP contribution >= 0.6 is 0 Å². The monoisotopic (exact) mass is 353 g/mol. The third-order valence-corrected chi connectivity index (χ3v) is 5.15. The van der Waals surface area contributed by atoms with Gasteiger partial charge in [-0.15, -0.1) is 0 Å². The van der Waals surface area contributed by atoms with Gasteiger partial charge < -0.3 is 9.64 Å². The van der Waals surface area contributed by atoms with Crippen molar-refractivity contribution in [2.24, 2.45) is 11.8 Å². The lowest BCUT2D eigenvalue weighted by Gasteiger charge is -2.21. The lowest BCUT2D eigenvalue weighted by molar-refractivity contribution is 0.211. The molecular weight excluding hydrogens is 330 g/mol. The second kappa shape index (κ2) is 7.29. The summed E-state index contributed by atoms with van der Waals surface area (Å²) in [5.74, 6) is 1.55. The number of methoxy groups -OCH3 is 1. The molecule has 2 fully saturated rings. The number of nitrogens with zero attached hydrogens (tertiary/aromatic N) is 4. The molecule has 0 spiro atoms. The van der Waals surface area contributed by atoms with Gasteiger partial charge in [-0.2, -0.15) is 4.98 Å². The summed E-state index contributed by atoms with van der Waals surface area (Å²) < 4.78 is 4.99. The topological polar surface area (TPSA) is 70.6 Å². The van der Waals surface area contributed by atoms with Crippen LogP contribution in [0.4, 0.5) is 10.6 Å². The fourth-order valence-electron chi connectivity index (χ4n) is 3.92. The minimum absolute atomic E-state index is 0.102. The van der Waals surface area contributed by atoms with Gasteiger partial charge in [-0.3, -0.25) is 10.2 Å². The SMILES string of the molecule is COc1nccc(NC(=O)N2C[C@H]3CN(Cc4ccccc4)C[C@H]3C2)n1. The molecule has 2 aliphatic rings. The molecular formula is C19H23N5O2. The highest BCUT2D eigenvalue weighted by atomic mass is 16.5. The summed E-state index contributed by atoms with van der Waals surface area (Å²) in [6.45, 7) is 4.67. The van der Waals surface area contributed by atoms with E-state index in [1.54, 1.807) is 12.3 Å². The summed E-state index contributed by atoms with van der Waals surface area (Å²) in [6.07, 6.45) is 1.57. The number of urea groups is 1. The molecule has 0 bridgehead atoms. The second-order valence-electron chi connectivity index (χ2n) is 6.96. The third-order valence-electron chi connectivity index (χ3n) is 5.15. The van der Waals surface area contributed by atoms with Crippen LogP contribution in [-0.4, -0.2) is 59.1 Å². The number of aromatic nitrogens is 2. The van der Waals surface area contributed by atoms with Crippen LogP contribution in [0.25, 0.3) is 0 Å². The quantitative estimate of drug-likeness (QED) is 0.911. The number of nitrogens with one attached hydrogen (secondary N) is 1. The zero-order valence-electron chi connectivity index (χ0n) is 14.8. The maximum Gasteiger partial charge on any atom is 0.323 e. The average molecular weight is 353 g/mol. The zero-order chi connectivity index (χ0) is 17.9. The van der Waals surface area contributed by atoms with Crippen molar-refractivity contribution in [3.8, 4) is 6.01 Å². The molecule has 0 aliphatic carbocycles. The van der Waals surface area contributed by atoms with Crippen LogP contribution in [0.15, 0.2) is 42.6 Å². The van der Waals surface area contributed by atoms with Gasteiger partial charge in [-0.05, 0) is 23.5 Å². The van der Waals surface area contributed by atoms with Crippen LogP contribution in [0, 0.1) is 11.8 Å². The molecule has 2 aliphatic heterocycles. The van der Waals surface area contributed by atoms with E-state index in [0.717, 1.165) is 32.7 Å². The van der Waals surface area contributed by atoms with Crippen molar-refractivity contribution in [3.63, 3.8) is 0 Å². The number of amides is 2. The van der Waals surface area contributed by atoms with Gasteiger partial charge in [-0.25, -0.2) is 9.78 Å². The molecule has 1 aromatic carbocycles. The van der Waals surface area contributed by atoms with Gasteiger partial charge in [0, 0.05) is 38.9 Å². The Kier molecular flexibility index (Phi) is 4.71. The van der Waals surface area contributed by atoms with E-state index < -0.39 is 0 Å². The van der Waals surface area contributed by atoms with Crippen molar-refractivity contribution >= 4 is 11.8 Å². The molecule has 7 nitrogen and oxygen atoms in total. The summed E-state index contributed by atoms with van der Waals surface area (Å²) in [7, 11) is 1.50. The van der Waals surface area contributed by atoms with Crippen molar-refractivity contribution in [3.05, 3.63) is 48.2 Å². The van der Waals surface area contributed by atoms with Gasteiger partial charge in [0.05, 0.1) is 7.11 Å². The van der Waals surface area contributed by atoms with Crippen molar-refractivity contribution in [1.82, 2.24) is 19.8 Å². The maximum absolute atomic E-state index is 12.5. The number of likely N-dealkylation sites (tertiary alicyclic amines) is 2. The molecule has 3 heterocycles. The highest BCUT2D eigenvalue weighted by Gasteiger charge is 2.41. The van der Waals surface area contributed by atoms with E-state index in [2.05, 4.69) is 44.5 Å². The highest BCUT2D eigenvalue weighted by molar-refractivity contribution is 5.88. The number of hydrogen-bond donors (Lipinski definition) is 1. The van der Waals surface area contributed by atoms with Gasteiger partial charge in [-0.1, -0.05) is 30.3 Å². The normalized spacial score (nSPS) is 22.3.